The number of aryl methyl sites for hydroxylation is 1. The molecule has 0 aliphatic carbocycles. The Morgan fingerprint density at radius 1 is 1.11 bits per heavy atom. The number of piperidine rings is 1. The monoisotopic (exact) mass is 374 g/mol. The fraction of sp³-hybridized carbons (Fsp3) is 0.348. The van der Waals surface area contributed by atoms with E-state index in [-0.39, 0.29) is 17.8 Å². The molecule has 5 heteroatoms. The average molecular weight is 374 g/mol. The van der Waals surface area contributed by atoms with Crippen molar-refractivity contribution in [3.63, 3.8) is 0 Å². The predicted molar refractivity (Wildman–Crippen MR) is 113 cm³/mol. The molecule has 0 radical (unpaired) electrons. The fourth-order valence-electron chi connectivity index (χ4n) is 3.76. The number of hydrogen-bond donors (Lipinski definition) is 1. The molecule has 144 valence electrons. The lowest BCUT2D eigenvalue weighted by atomic mass is 10.0. The van der Waals surface area contributed by atoms with Gasteiger partial charge in [0.2, 0.25) is 5.82 Å². The predicted octanol–water partition coefficient (Wildman–Crippen LogP) is 4.95. The molecule has 0 saturated carbocycles. The first-order valence-electron chi connectivity index (χ1n) is 10.1. The summed E-state index contributed by atoms with van der Waals surface area (Å²) in [6, 6.07) is 16.3. The van der Waals surface area contributed by atoms with Gasteiger partial charge in [0, 0.05) is 23.7 Å². The number of likely N-dealkylation sites (tertiary alicyclic amines) is 1. The summed E-state index contributed by atoms with van der Waals surface area (Å²) in [6.45, 7) is 5.02. The van der Waals surface area contributed by atoms with Gasteiger partial charge in [-0.2, -0.15) is 0 Å². The van der Waals surface area contributed by atoms with Crippen molar-refractivity contribution in [1.29, 1.82) is 0 Å². The Balaban J connectivity index is 1.71. The summed E-state index contributed by atoms with van der Waals surface area (Å²) >= 11 is 0. The van der Waals surface area contributed by atoms with Crippen molar-refractivity contribution in [3.8, 4) is 0 Å². The van der Waals surface area contributed by atoms with Gasteiger partial charge in [-0.15, -0.1) is 0 Å². The second-order valence-electron chi connectivity index (χ2n) is 7.43. The van der Waals surface area contributed by atoms with Gasteiger partial charge in [-0.25, -0.2) is 9.97 Å². The number of amides is 1. The Morgan fingerprint density at radius 3 is 2.64 bits per heavy atom. The molecule has 1 aliphatic rings. The minimum atomic E-state index is -0.0812. The third-order valence-corrected chi connectivity index (χ3v) is 5.48. The highest BCUT2D eigenvalue weighted by atomic mass is 16.2. The first kappa shape index (κ1) is 18.4. The normalized spacial score (nSPS) is 16.9. The Morgan fingerprint density at radius 2 is 1.89 bits per heavy atom. The number of aromatic nitrogens is 2. The summed E-state index contributed by atoms with van der Waals surface area (Å²) in [6.07, 6.45) is 4.25. The topological polar surface area (TPSA) is 58.1 Å². The van der Waals surface area contributed by atoms with Gasteiger partial charge in [0.1, 0.15) is 5.82 Å². The fourth-order valence-corrected chi connectivity index (χ4v) is 3.76. The quantitative estimate of drug-likeness (QED) is 0.702. The largest absolute Gasteiger partial charge is 0.340 e. The molecule has 1 fully saturated rings. The van der Waals surface area contributed by atoms with E-state index < -0.39 is 0 Å². The van der Waals surface area contributed by atoms with Crippen LogP contribution in [0.1, 0.15) is 49.3 Å². The van der Waals surface area contributed by atoms with Crippen molar-refractivity contribution in [2.75, 3.05) is 11.9 Å². The van der Waals surface area contributed by atoms with Crippen molar-refractivity contribution in [2.45, 2.75) is 45.6 Å². The van der Waals surface area contributed by atoms with E-state index in [4.69, 9.17) is 0 Å². The molecule has 0 unspecified atom stereocenters. The van der Waals surface area contributed by atoms with Crippen molar-refractivity contribution in [3.05, 3.63) is 59.9 Å². The summed E-state index contributed by atoms with van der Waals surface area (Å²) in [5, 5.41) is 4.29. The number of hydrogen-bond acceptors (Lipinski definition) is 4. The molecule has 0 bridgehead atoms. The van der Waals surface area contributed by atoms with E-state index in [0.717, 1.165) is 42.4 Å². The van der Waals surface area contributed by atoms with Gasteiger partial charge in [-0.3, -0.25) is 4.79 Å². The SMILES string of the molecule is CCc1ccc(Nc2nc(C(=O)N3CCCC[C@H]3C)nc3ccccc23)cc1. The van der Waals surface area contributed by atoms with Gasteiger partial charge >= 0.3 is 0 Å². The van der Waals surface area contributed by atoms with Crippen LogP contribution in [0.3, 0.4) is 0 Å². The highest BCUT2D eigenvalue weighted by Crippen LogP contribution is 2.25. The van der Waals surface area contributed by atoms with Crippen molar-refractivity contribution in [2.24, 2.45) is 0 Å². The van der Waals surface area contributed by atoms with Crippen LogP contribution in [0.4, 0.5) is 11.5 Å². The molecule has 1 aliphatic heterocycles. The third kappa shape index (κ3) is 3.70. The van der Waals surface area contributed by atoms with Crippen LogP contribution in [0.15, 0.2) is 48.5 Å². The first-order valence-corrected chi connectivity index (χ1v) is 10.1. The van der Waals surface area contributed by atoms with Crippen LogP contribution in [0, 0.1) is 0 Å². The van der Waals surface area contributed by atoms with Gasteiger partial charge in [0.25, 0.3) is 5.91 Å². The van der Waals surface area contributed by atoms with Gasteiger partial charge in [-0.05, 0) is 62.4 Å². The van der Waals surface area contributed by atoms with E-state index in [1.807, 2.05) is 41.3 Å². The van der Waals surface area contributed by atoms with Crippen LogP contribution in [-0.4, -0.2) is 33.4 Å². The zero-order valence-electron chi connectivity index (χ0n) is 16.5. The molecule has 1 N–H and O–H groups in total. The van der Waals surface area contributed by atoms with Crippen LogP contribution in [-0.2, 0) is 6.42 Å². The van der Waals surface area contributed by atoms with Crippen LogP contribution >= 0.6 is 0 Å². The van der Waals surface area contributed by atoms with E-state index in [0.29, 0.717) is 5.82 Å². The minimum Gasteiger partial charge on any atom is -0.340 e. The molecule has 0 spiro atoms. The highest BCUT2D eigenvalue weighted by Gasteiger charge is 2.26. The number of anilines is 2. The van der Waals surface area contributed by atoms with Crippen LogP contribution < -0.4 is 5.32 Å². The lowest BCUT2D eigenvalue weighted by Crippen LogP contribution is -2.42. The van der Waals surface area contributed by atoms with E-state index in [1.54, 1.807) is 0 Å². The summed E-state index contributed by atoms with van der Waals surface area (Å²) in [4.78, 5) is 24.2. The number of carbonyl (C=O) groups excluding carboxylic acids is 1. The number of nitrogens with zero attached hydrogens (tertiary/aromatic N) is 3. The Labute approximate surface area is 165 Å². The Bertz CT molecular complexity index is 984. The van der Waals surface area contributed by atoms with Gasteiger partial charge in [0.15, 0.2) is 0 Å². The Kier molecular flexibility index (Phi) is 5.24. The molecule has 1 aromatic heterocycles. The first-order chi connectivity index (χ1) is 13.7. The van der Waals surface area contributed by atoms with Crippen molar-refractivity contribution < 1.29 is 4.79 Å². The standard InChI is InChI=1S/C23H26N4O/c1-3-17-11-13-18(14-12-17)24-21-19-9-4-5-10-20(19)25-22(26-21)23(28)27-15-7-6-8-16(27)2/h4-5,9-14,16H,3,6-8,15H2,1-2H3,(H,24,25,26)/t16-/m1/s1. The van der Waals surface area contributed by atoms with Crippen molar-refractivity contribution in [1.82, 2.24) is 14.9 Å². The molecule has 2 aromatic carbocycles. The number of para-hydroxylation sites is 1. The molecule has 4 rings (SSSR count). The summed E-state index contributed by atoms with van der Waals surface area (Å²) in [5.41, 5.74) is 3.01. The molecule has 1 atom stereocenters. The molecular formula is C23H26N4O. The van der Waals surface area contributed by atoms with Crippen LogP contribution in [0.25, 0.3) is 10.9 Å². The molecule has 1 amide bonds. The maximum atomic E-state index is 13.1. The maximum Gasteiger partial charge on any atom is 0.291 e. The second-order valence-corrected chi connectivity index (χ2v) is 7.43. The number of nitrogens with one attached hydrogen (secondary N) is 1. The third-order valence-electron chi connectivity index (χ3n) is 5.48. The van der Waals surface area contributed by atoms with E-state index in [1.165, 1.54) is 12.0 Å². The number of rotatable bonds is 4. The summed E-state index contributed by atoms with van der Waals surface area (Å²) in [7, 11) is 0. The molecule has 2 heterocycles. The summed E-state index contributed by atoms with van der Waals surface area (Å²) < 4.78 is 0. The lowest BCUT2D eigenvalue weighted by Gasteiger charge is -2.32. The van der Waals surface area contributed by atoms with Gasteiger partial charge in [-0.1, -0.05) is 31.2 Å². The summed E-state index contributed by atoms with van der Waals surface area (Å²) in [5.74, 6) is 0.852. The Hall–Kier alpha value is -2.95. The van der Waals surface area contributed by atoms with Gasteiger partial charge in [0.05, 0.1) is 5.52 Å². The maximum absolute atomic E-state index is 13.1. The van der Waals surface area contributed by atoms with E-state index in [9.17, 15) is 4.79 Å². The van der Waals surface area contributed by atoms with Crippen molar-refractivity contribution >= 4 is 28.3 Å². The number of fused-ring (bicyclic) bond motifs is 1. The van der Waals surface area contributed by atoms with Gasteiger partial charge < -0.3 is 10.2 Å². The second kappa shape index (κ2) is 7.97. The molecule has 1 saturated heterocycles. The highest BCUT2D eigenvalue weighted by molar-refractivity contribution is 5.97. The molecular weight excluding hydrogens is 348 g/mol. The molecule has 5 nitrogen and oxygen atoms in total. The van der Waals surface area contributed by atoms with Crippen LogP contribution in [0.5, 0.6) is 0 Å². The number of carbonyl (C=O) groups is 1. The lowest BCUT2D eigenvalue weighted by molar-refractivity contribution is 0.0623. The average Bonchev–Trinajstić information content (AvgIpc) is 2.74. The molecule has 28 heavy (non-hydrogen) atoms. The zero-order valence-corrected chi connectivity index (χ0v) is 16.5. The molecule has 3 aromatic rings. The number of benzene rings is 2. The smallest absolute Gasteiger partial charge is 0.291 e. The minimum absolute atomic E-state index is 0.0812. The van der Waals surface area contributed by atoms with E-state index >= 15 is 0 Å². The van der Waals surface area contributed by atoms with E-state index in [2.05, 4.69) is 41.3 Å². The zero-order chi connectivity index (χ0) is 19.5. The van der Waals surface area contributed by atoms with Crippen LogP contribution in [0.2, 0.25) is 0 Å².